The van der Waals surface area contributed by atoms with Crippen molar-refractivity contribution in [3.63, 3.8) is 0 Å². The van der Waals surface area contributed by atoms with Crippen molar-refractivity contribution in [1.29, 1.82) is 0 Å². The third-order valence-corrected chi connectivity index (χ3v) is 22.7. The van der Waals surface area contributed by atoms with Gasteiger partial charge in [-0.3, -0.25) is 37.3 Å². The minimum Gasteiger partial charge on any atom is -0.462 e. The molecule has 0 aliphatic heterocycles. The predicted molar refractivity (Wildman–Crippen MR) is 432 cm³/mol. The van der Waals surface area contributed by atoms with Gasteiger partial charge in [0, 0.05) is 25.7 Å². The fourth-order valence-electron chi connectivity index (χ4n) is 13.3. The van der Waals surface area contributed by atoms with Gasteiger partial charge in [-0.1, -0.05) is 396 Å². The maximum atomic E-state index is 13.1. The van der Waals surface area contributed by atoms with Crippen molar-refractivity contribution in [3.8, 4) is 0 Å². The quantitative estimate of drug-likeness (QED) is 0.0222. The molecule has 0 aliphatic carbocycles. The Hall–Kier alpha value is -1.94. The van der Waals surface area contributed by atoms with Crippen LogP contribution in [0.15, 0.2) is 0 Å². The zero-order chi connectivity index (χ0) is 77.4. The number of hydrogen-bond donors (Lipinski definition) is 3. The lowest BCUT2D eigenvalue weighted by molar-refractivity contribution is -0.161. The minimum atomic E-state index is -4.97. The molecule has 0 saturated carbocycles. The number of esters is 4. The molecule has 0 amide bonds. The van der Waals surface area contributed by atoms with E-state index in [9.17, 15) is 43.2 Å². The molecule has 0 aromatic heterocycles. The zero-order valence-corrected chi connectivity index (χ0v) is 71.2. The molecule has 0 radical (unpaired) electrons. The lowest BCUT2D eigenvalue weighted by Gasteiger charge is -2.21. The second-order valence-electron chi connectivity index (χ2n) is 32.4. The summed E-state index contributed by atoms with van der Waals surface area (Å²) in [6, 6.07) is 0. The molecular formula is C86H168O17P2. The molecule has 0 aliphatic rings. The van der Waals surface area contributed by atoms with E-state index in [0.717, 1.165) is 120 Å². The highest BCUT2D eigenvalue weighted by Crippen LogP contribution is 2.45. The Morgan fingerprint density at radius 1 is 0.267 bits per heavy atom. The van der Waals surface area contributed by atoms with E-state index in [-0.39, 0.29) is 25.7 Å². The van der Waals surface area contributed by atoms with Gasteiger partial charge in [-0.15, -0.1) is 0 Å². The van der Waals surface area contributed by atoms with E-state index < -0.39 is 97.5 Å². The first-order chi connectivity index (χ1) is 50.7. The summed E-state index contributed by atoms with van der Waals surface area (Å²) in [6.45, 7) is 14.3. The van der Waals surface area contributed by atoms with Crippen LogP contribution in [-0.2, 0) is 65.4 Å². The number of hydrogen-bond acceptors (Lipinski definition) is 15. The first-order valence-electron chi connectivity index (χ1n) is 44.3. The molecule has 0 fully saturated rings. The highest BCUT2D eigenvalue weighted by molar-refractivity contribution is 7.47. The number of unbranched alkanes of at least 4 members (excludes halogenated alkanes) is 47. The smallest absolute Gasteiger partial charge is 0.462 e. The Morgan fingerprint density at radius 2 is 0.457 bits per heavy atom. The van der Waals surface area contributed by atoms with Crippen LogP contribution in [0.25, 0.3) is 0 Å². The number of carbonyl (C=O) groups is 4. The van der Waals surface area contributed by atoms with Gasteiger partial charge in [-0.25, -0.2) is 9.13 Å². The van der Waals surface area contributed by atoms with Crippen LogP contribution in [0, 0.1) is 23.7 Å². The molecule has 0 aromatic carbocycles. The Morgan fingerprint density at radius 3 is 0.676 bits per heavy atom. The number of phosphoric acid groups is 2. The van der Waals surface area contributed by atoms with Crippen LogP contribution in [0.1, 0.15) is 447 Å². The van der Waals surface area contributed by atoms with Crippen LogP contribution in [0.3, 0.4) is 0 Å². The first kappa shape index (κ1) is 103. The van der Waals surface area contributed by atoms with E-state index in [2.05, 4.69) is 55.4 Å². The number of phosphoric ester groups is 2. The van der Waals surface area contributed by atoms with Crippen molar-refractivity contribution in [1.82, 2.24) is 0 Å². The van der Waals surface area contributed by atoms with E-state index in [0.29, 0.717) is 25.7 Å². The van der Waals surface area contributed by atoms with Gasteiger partial charge in [0.25, 0.3) is 0 Å². The summed E-state index contributed by atoms with van der Waals surface area (Å²) in [4.78, 5) is 73.2. The summed E-state index contributed by atoms with van der Waals surface area (Å²) in [6.07, 6.45) is 63.9. The van der Waals surface area contributed by atoms with E-state index in [1.165, 1.54) is 244 Å². The van der Waals surface area contributed by atoms with Gasteiger partial charge in [0.05, 0.1) is 26.4 Å². The SMILES string of the molecule is CCC(C)CCCCCCCCCCCCCCCCCCCCC(=O)O[C@H](COC(=O)CCCCCCCCCCCCCCCCC(C)C)COP(=O)(O)OC[C@@H](O)COP(=O)(O)OC[C@@H](COC(=O)CCCCCCCCC(C)CC)OC(=O)CCCCCCCCCCCCCCCC(C)C. The molecule has 0 aromatic rings. The summed E-state index contributed by atoms with van der Waals surface area (Å²) in [5, 5.41) is 10.7. The van der Waals surface area contributed by atoms with Gasteiger partial charge in [0.1, 0.15) is 19.3 Å². The fourth-order valence-corrected chi connectivity index (χ4v) is 14.8. The third-order valence-electron chi connectivity index (χ3n) is 20.8. The number of aliphatic hydroxyl groups excluding tert-OH is 1. The van der Waals surface area contributed by atoms with E-state index >= 15 is 0 Å². The highest BCUT2D eigenvalue weighted by Gasteiger charge is 2.31. The van der Waals surface area contributed by atoms with E-state index in [1.54, 1.807) is 0 Å². The second kappa shape index (κ2) is 74.8. The van der Waals surface area contributed by atoms with Crippen LogP contribution in [0.5, 0.6) is 0 Å². The van der Waals surface area contributed by atoms with Gasteiger partial charge in [-0.05, 0) is 49.4 Å². The lowest BCUT2D eigenvalue weighted by atomic mass is 9.99. The van der Waals surface area contributed by atoms with Crippen molar-refractivity contribution < 1.29 is 80.2 Å². The Bertz CT molecular complexity index is 2050. The molecule has 17 nitrogen and oxygen atoms in total. The van der Waals surface area contributed by atoms with Gasteiger partial charge >= 0.3 is 39.5 Å². The molecule has 0 heterocycles. The summed E-state index contributed by atoms with van der Waals surface area (Å²) < 4.78 is 68.9. The van der Waals surface area contributed by atoms with Crippen molar-refractivity contribution in [2.45, 2.75) is 465 Å². The molecule has 0 bridgehead atoms. The number of carbonyl (C=O) groups excluding carboxylic acids is 4. The van der Waals surface area contributed by atoms with Crippen molar-refractivity contribution in [3.05, 3.63) is 0 Å². The van der Waals surface area contributed by atoms with Crippen molar-refractivity contribution >= 4 is 39.5 Å². The third kappa shape index (κ3) is 77.2. The average Bonchev–Trinajstić information content (AvgIpc) is 0.902. The molecule has 0 spiro atoms. The van der Waals surface area contributed by atoms with Gasteiger partial charge in [0.15, 0.2) is 12.2 Å². The molecule has 7 atom stereocenters. The standard InChI is InChI=1S/C86H168O17P2/c1-9-78(7)64-56-48-40-34-28-22-15-13-11-12-14-16-24-30-36-42-52-60-68-85(90)102-81(72-96-83(88)66-58-50-41-35-29-23-18-17-20-26-32-38-46-54-62-76(3)4)74-100-104(92,93)98-70-80(87)71-99-105(94,95)101-75-82(73-97-84(89)67-59-51-45-44-49-57-65-79(8)10-2)103-86(91)69-61-53-43-37-31-25-19-21-27-33-39-47-55-63-77(5)6/h76-82,87H,9-75H2,1-8H3,(H,92,93)(H,94,95)/t78?,79?,80-,81-,82-/m1/s1. The molecule has 0 rings (SSSR count). The van der Waals surface area contributed by atoms with E-state index in [4.69, 9.17) is 37.0 Å². The Labute approximate surface area is 645 Å². The maximum Gasteiger partial charge on any atom is 0.472 e. The number of ether oxygens (including phenoxy) is 4. The highest BCUT2D eigenvalue weighted by atomic mass is 31.2. The molecule has 3 N–H and O–H groups in total. The first-order valence-corrected chi connectivity index (χ1v) is 47.3. The van der Waals surface area contributed by atoms with Crippen LogP contribution < -0.4 is 0 Å². The van der Waals surface area contributed by atoms with Crippen LogP contribution >= 0.6 is 15.6 Å². The second-order valence-corrected chi connectivity index (χ2v) is 35.3. The van der Waals surface area contributed by atoms with Gasteiger partial charge < -0.3 is 33.8 Å². The molecule has 4 unspecified atom stereocenters. The molecule has 0 saturated heterocycles. The Kier molecular flexibility index (Phi) is 73.4. The monoisotopic (exact) mass is 1540 g/mol. The summed E-state index contributed by atoms with van der Waals surface area (Å²) >= 11 is 0. The molecular weight excluding hydrogens is 1370 g/mol. The maximum absolute atomic E-state index is 13.1. The van der Waals surface area contributed by atoms with Gasteiger partial charge in [0.2, 0.25) is 0 Å². The predicted octanol–water partition coefficient (Wildman–Crippen LogP) is 25.9. The molecule has 624 valence electrons. The van der Waals surface area contributed by atoms with Crippen LogP contribution in [0.2, 0.25) is 0 Å². The van der Waals surface area contributed by atoms with E-state index in [1.807, 2.05) is 0 Å². The van der Waals surface area contributed by atoms with Crippen LogP contribution in [-0.4, -0.2) is 96.7 Å². The van der Waals surface area contributed by atoms with Crippen molar-refractivity contribution in [2.24, 2.45) is 23.7 Å². The number of aliphatic hydroxyl groups is 1. The normalized spacial score (nSPS) is 14.4. The number of rotatable bonds is 83. The lowest BCUT2D eigenvalue weighted by Crippen LogP contribution is -2.30. The molecule has 19 heteroatoms. The summed E-state index contributed by atoms with van der Waals surface area (Å²) in [7, 11) is -9.93. The minimum absolute atomic E-state index is 0.106. The van der Waals surface area contributed by atoms with Crippen LogP contribution in [0.4, 0.5) is 0 Å². The topological polar surface area (TPSA) is 237 Å². The largest absolute Gasteiger partial charge is 0.472 e. The average molecular weight is 1540 g/mol. The fraction of sp³-hybridized carbons (Fsp3) is 0.953. The summed E-state index contributed by atoms with van der Waals surface area (Å²) in [5.41, 5.74) is 0. The van der Waals surface area contributed by atoms with Crippen molar-refractivity contribution in [2.75, 3.05) is 39.6 Å². The Balaban J connectivity index is 5.23. The molecule has 105 heavy (non-hydrogen) atoms. The summed E-state index contributed by atoms with van der Waals surface area (Å²) in [5.74, 6) is 1.08. The zero-order valence-electron chi connectivity index (χ0n) is 69.4. The van der Waals surface area contributed by atoms with Gasteiger partial charge in [-0.2, -0.15) is 0 Å².